The Kier molecular flexibility index (Phi) is 2.89. The Balaban J connectivity index is 1.65. The first kappa shape index (κ1) is 9.47. The largest absolute Gasteiger partial charge is 0.314 e. The maximum Gasteiger partial charge on any atom is 0.00683 e. The lowest BCUT2D eigenvalue weighted by molar-refractivity contribution is 0.264. The molecule has 1 saturated carbocycles. The third-order valence-corrected chi connectivity index (χ3v) is 3.32. The first-order valence-electron chi connectivity index (χ1n) is 5.73. The summed E-state index contributed by atoms with van der Waals surface area (Å²) in [6.07, 6.45) is 4.24. The number of nitrogens with one attached hydrogen (secondary N) is 1. The fraction of sp³-hybridized carbons (Fsp3) is 1.00. The van der Waals surface area contributed by atoms with Crippen LogP contribution in [-0.4, -0.2) is 36.6 Å². The highest BCUT2D eigenvalue weighted by Gasteiger charge is 2.26. The average molecular weight is 182 g/mol. The van der Waals surface area contributed by atoms with Gasteiger partial charge in [0.1, 0.15) is 0 Å². The summed E-state index contributed by atoms with van der Waals surface area (Å²) in [6, 6.07) is 1.62. The summed E-state index contributed by atoms with van der Waals surface area (Å²) in [6.45, 7) is 8.49. The molecule has 13 heavy (non-hydrogen) atoms. The van der Waals surface area contributed by atoms with E-state index in [9.17, 15) is 0 Å². The molecule has 1 aliphatic heterocycles. The van der Waals surface area contributed by atoms with E-state index in [4.69, 9.17) is 0 Å². The lowest BCUT2D eigenvalue weighted by Gasteiger charge is -2.20. The summed E-state index contributed by atoms with van der Waals surface area (Å²) in [5.41, 5.74) is 0. The van der Waals surface area contributed by atoms with Crippen molar-refractivity contribution in [3.63, 3.8) is 0 Å². The lowest BCUT2D eigenvalue weighted by Crippen LogP contribution is -2.31. The summed E-state index contributed by atoms with van der Waals surface area (Å²) in [7, 11) is 0. The molecule has 2 fully saturated rings. The van der Waals surface area contributed by atoms with Gasteiger partial charge in [-0.25, -0.2) is 0 Å². The van der Waals surface area contributed by atoms with Gasteiger partial charge < -0.3 is 10.2 Å². The van der Waals surface area contributed by atoms with E-state index in [1.807, 2.05) is 0 Å². The lowest BCUT2D eigenvalue weighted by atomic mass is 10.1. The maximum absolute atomic E-state index is 3.63. The second kappa shape index (κ2) is 3.97. The van der Waals surface area contributed by atoms with Crippen molar-refractivity contribution in [1.82, 2.24) is 10.2 Å². The molecule has 1 aliphatic carbocycles. The molecule has 1 N–H and O–H groups in total. The van der Waals surface area contributed by atoms with Gasteiger partial charge in [-0.15, -0.1) is 0 Å². The van der Waals surface area contributed by atoms with E-state index in [0.29, 0.717) is 0 Å². The van der Waals surface area contributed by atoms with Crippen molar-refractivity contribution in [3.05, 3.63) is 0 Å². The molecule has 0 aromatic carbocycles. The highest BCUT2D eigenvalue weighted by Crippen LogP contribution is 2.22. The molecule has 2 rings (SSSR count). The number of hydrogen-bond acceptors (Lipinski definition) is 2. The molecule has 1 unspecified atom stereocenters. The summed E-state index contributed by atoms with van der Waals surface area (Å²) < 4.78 is 0. The van der Waals surface area contributed by atoms with Crippen molar-refractivity contribution in [1.29, 1.82) is 0 Å². The molecule has 76 valence electrons. The topological polar surface area (TPSA) is 15.3 Å². The van der Waals surface area contributed by atoms with Crippen LogP contribution in [0.2, 0.25) is 0 Å². The molecule has 0 amide bonds. The van der Waals surface area contributed by atoms with E-state index < -0.39 is 0 Å². The highest BCUT2D eigenvalue weighted by molar-refractivity contribution is 4.85. The zero-order valence-corrected chi connectivity index (χ0v) is 8.92. The van der Waals surface area contributed by atoms with Crippen molar-refractivity contribution in [2.75, 3.05) is 19.6 Å². The molecule has 0 spiro atoms. The van der Waals surface area contributed by atoms with Crippen LogP contribution in [0.3, 0.4) is 0 Å². The first-order valence-corrected chi connectivity index (χ1v) is 5.73. The molecule has 2 aliphatic rings. The smallest absolute Gasteiger partial charge is 0.00683 e. The average Bonchev–Trinajstić information content (AvgIpc) is 2.79. The predicted molar refractivity (Wildman–Crippen MR) is 55.8 cm³/mol. The molecular formula is C11H22N2. The Morgan fingerprint density at radius 2 is 2.08 bits per heavy atom. The normalized spacial score (nSPS) is 30.2. The van der Waals surface area contributed by atoms with E-state index in [1.54, 1.807) is 0 Å². The molecule has 2 nitrogen and oxygen atoms in total. The van der Waals surface area contributed by atoms with Gasteiger partial charge in [0.2, 0.25) is 0 Å². The van der Waals surface area contributed by atoms with Crippen molar-refractivity contribution >= 4 is 0 Å². The van der Waals surface area contributed by atoms with Gasteiger partial charge in [0, 0.05) is 18.6 Å². The van der Waals surface area contributed by atoms with Crippen LogP contribution in [0.4, 0.5) is 0 Å². The van der Waals surface area contributed by atoms with Gasteiger partial charge in [-0.1, -0.05) is 0 Å². The Hall–Kier alpha value is -0.0800. The number of hydrogen-bond donors (Lipinski definition) is 1. The molecule has 1 atom stereocenters. The number of rotatable bonds is 4. The molecule has 0 aromatic rings. The summed E-state index contributed by atoms with van der Waals surface area (Å²) in [5.74, 6) is 0.919. The van der Waals surface area contributed by atoms with Crippen LogP contribution in [0.1, 0.15) is 33.1 Å². The molecule has 0 aromatic heterocycles. The van der Waals surface area contributed by atoms with Crippen molar-refractivity contribution in [2.45, 2.75) is 45.2 Å². The minimum absolute atomic E-state index is 0.742. The Labute approximate surface area is 81.7 Å². The molecule has 0 radical (unpaired) electrons. The molecular weight excluding hydrogens is 160 g/mol. The second-order valence-corrected chi connectivity index (χ2v) is 4.93. The van der Waals surface area contributed by atoms with Crippen LogP contribution in [0.5, 0.6) is 0 Å². The van der Waals surface area contributed by atoms with Gasteiger partial charge in [0.05, 0.1) is 0 Å². The highest BCUT2D eigenvalue weighted by atomic mass is 15.2. The van der Waals surface area contributed by atoms with Crippen molar-refractivity contribution < 1.29 is 0 Å². The minimum Gasteiger partial charge on any atom is -0.314 e. The molecule has 1 saturated heterocycles. The van der Waals surface area contributed by atoms with Crippen LogP contribution >= 0.6 is 0 Å². The van der Waals surface area contributed by atoms with E-state index in [0.717, 1.165) is 18.0 Å². The fourth-order valence-electron chi connectivity index (χ4n) is 2.12. The number of nitrogens with zero attached hydrogens (tertiary/aromatic N) is 1. The Bertz CT molecular complexity index is 163. The minimum atomic E-state index is 0.742. The monoisotopic (exact) mass is 182 g/mol. The Morgan fingerprint density at radius 1 is 1.31 bits per heavy atom. The van der Waals surface area contributed by atoms with Gasteiger partial charge in [-0.3, -0.25) is 0 Å². The zero-order valence-electron chi connectivity index (χ0n) is 8.92. The Morgan fingerprint density at radius 3 is 2.62 bits per heavy atom. The van der Waals surface area contributed by atoms with Crippen LogP contribution in [0, 0.1) is 5.92 Å². The van der Waals surface area contributed by atoms with Crippen LogP contribution in [-0.2, 0) is 0 Å². The second-order valence-electron chi connectivity index (χ2n) is 4.93. The van der Waals surface area contributed by atoms with Crippen molar-refractivity contribution in [3.8, 4) is 0 Å². The standard InChI is InChI=1S/C11H22N2/c1-9(2)13-6-5-10(8-13)7-12-11-3-4-11/h9-12H,3-8H2,1-2H3. The summed E-state index contributed by atoms with van der Waals surface area (Å²) in [5, 5.41) is 3.63. The molecule has 1 heterocycles. The summed E-state index contributed by atoms with van der Waals surface area (Å²) in [4.78, 5) is 2.60. The van der Waals surface area contributed by atoms with Crippen LogP contribution in [0.15, 0.2) is 0 Å². The van der Waals surface area contributed by atoms with E-state index in [1.165, 1.54) is 38.9 Å². The maximum atomic E-state index is 3.63. The van der Waals surface area contributed by atoms with E-state index >= 15 is 0 Å². The van der Waals surface area contributed by atoms with E-state index in [2.05, 4.69) is 24.1 Å². The molecule has 2 heteroatoms. The third-order valence-electron chi connectivity index (χ3n) is 3.32. The van der Waals surface area contributed by atoms with Crippen molar-refractivity contribution in [2.24, 2.45) is 5.92 Å². The van der Waals surface area contributed by atoms with E-state index in [-0.39, 0.29) is 0 Å². The molecule has 0 bridgehead atoms. The third kappa shape index (κ3) is 2.68. The van der Waals surface area contributed by atoms with Crippen LogP contribution < -0.4 is 5.32 Å². The number of likely N-dealkylation sites (tertiary alicyclic amines) is 1. The fourth-order valence-corrected chi connectivity index (χ4v) is 2.12. The summed E-state index contributed by atoms with van der Waals surface area (Å²) >= 11 is 0. The van der Waals surface area contributed by atoms with Gasteiger partial charge in [-0.2, -0.15) is 0 Å². The zero-order chi connectivity index (χ0) is 9.26. The first-order chi connectivity index (χ1) is 6.25. The van der Waals surface area contributed by atoms with Gasteiger partial charge in [-0.05, 0) is 52.1 Å². The van der Waals surface area contributed by atoms with Gasteiger partial charge in [0.15, 0.2) is 0 Å². The predicted octanol–water partition coefficient (Wildman–Crippen LogP) is 1.47. The van der Waals surface area contributed by atoms with Gasteiger partial charge >= 0.3 is 0 Å². The quantitative estimate of drug-likeness (QED) is 0.708. The SMILES string of the molecule is CC(C)N1CCC(CNC2CC2)C1. The van der Waals surface area contributed by atoms with Gasteiger partial charge in [0.25, 0.3) is 0 Å². The van der Waals surface area contributed by atoms with Crippen LogP contribution in [0.25, 0.3) is 0 Å².